The Kier molecular flexibility index (Phi) is 4.75. The first-order valence-corrected chi connectivity index (χ1v) is 8.66. The van der Waals surface area contributed by atoms with Crippen LogP contribution in [0.25, 0.3) is 11.0 Å². The molecule has 1 saturated heterocycles. The number of H-pyrrole nitrogens is 1. The van der Waals surface area contributed by atoms with Crippen LogP contribution in [0, 0.1) is 0 Å². The van der Waals surface area contributed by atoms with Gasteiger partial charge in [-0.1, -0.05) is 0 Å². The number of benzene rings is 1. The maximum absolute atomic E-state index is 10.2. The molecule has 0 radical (unpaired) electrons. The molecule has 3 N–H and O–H groups in total. The molecule has 26 heavy (non-hydrogen) atoms. The Morgan fingerprint density at radius 2 is 2.04 bits per heavy atom. The minimum Gasteiger partial charge on any atom is -0.455 e. The van der Waals surface area contributed by atoms with Gasteiger partial charge >= 0.3 is 0 Å². The van der Waals surface area contributed by atoms with E-state index in [1.807, 2.05) is 36.5 Å². The number of hydrogen-bond acceptors (Lipinski definition) is 6. The summed E-state index contributed by atoms with van der Waals surface area (Å²) >= 11 is 0. The highest BCUT2D eigenvalue weighted by molar-refractivity contribution is 5.76. The molecule has 136 valence electrons. The van der Waals surface area contributed by atoms with Crippen LogP contribution >= 0.6 is 0 Å². The summed E-state index contributed by atoms with van der Waals surface area (Å²) in [5, 5.41) is 14.5. The molecule has 0 spiro atoms. The smallest absolute Gasteiger partial charge is 0.184 e. The first-order valence-electron chi connectivity index (χ1n) is 8.66. The lowest BCUT2D eigenvalue weighted by Gasteiger charge is -2.30. The number of rotatable bonds is 5. The quantitative estimate of drug-likeness (QED) is 0.611. The molecule has 7 nitrogen and oxygen atoms in total. The van der Waals surface area contributed by atoms with E-state index in [0.29, 0.717) is 17.1 Å². The summed E-state index contributed by atoms with van der Waals surface area (Å²) in [7, 11) is 1.46. The zero-order valence-corrected chi connectivity index (χ0v) is 14.6. The number of fused-ring (bicyclic) bond motifs is 1. The van der Waals surface area contributed by atoms with Crippen molar-refractivity contribution in [2.45, 2.75) is 6.29 Å². The number of hydrogen-bond donors (Lipinski definition) is 3. The maximum Gasteiger partial charge on any atom is 0.184 e. The molecule has 0 bridgehead atoms. The SMILES string of the molecule is COC(O)c1ccc(N2CCNCC2)cc1Oc1cnc2[nH]ccc2c1. The number of piperazine rings is 1. The molecular formula is C19H22N4O3. The van der Waals surface area contributed by atoms with Gasteiger partial charge in [0.05, 0.1) is 11.8 Å². The van der Waals surface area contributed by atoms with Crippen LogP contribution in [-0.4, -0.2) is 48.4 Å². The molecule has 1 aromatic carbocycles. The second-order valence-electron chi connectivity index (χ2n) is 6.24. The molecule has 3 heterocycles. The van der Waals surface area contributed by atoms with Gasteiger partial charge in [-0.3, -0.25) is 0 Å². The normalized spacial score (nSPS) is 16.0. The van der Waals surface area contributed by atoms with Gasteiger partial charge in [0, 0.05) is 56.6 Å². The number of anilines is 1. The first-order chi connectivity index (χ1) is 12.7. The Hall–Kier alpha value is -2.61. The van der Waals surface area contributed by atoms with Gasteiger partial charge in [0.25, 0.3) is 0 Å². The van der Waals surface area contributed by atoms with E-state index >= 15 is 0 Å². The Balaban J connectivity index is 1.68. The highest BCUT2D eigenvalue weighted by Gasteiger charge is 2.18. The van der Waals surface area contributed by atoms with Crippen LogP contribution in [0.1, 0.15) is 11.9 Å². The molecule has 1 atom stereocenters. The average molecular weight is 354 g/mol. The zero-order chi connectivity index (χ0) is 17.9. The fraction of sp³-hybridized carbons (Fsp3) is 0.316. The lowest BCUT2D eigenvalue weighted by Crippen LogP contribution is -2.43. The van der Waals surface area contributed by atoms with Gasteiger partial charge in [0.15, 0.2) is 6.29 Å². The van der Waals surface area contributed by atoms with E-state index in [-0.39, 0.29) is 0 Å². The number of nitrogens with zero attached hydrogens (tertiary/aromatic N) is 2. The third kappa shape index (κ3) is 3.37. The summed E-state index contributed by atoms with van der Waals surface area (Å²) in [6, 6.07) is 9.65. The number of aromatic amines is 1. The van der Waals surface area contributed by atoms with Gasteiger partial charge in [-0.25, -0.2) is 4.98 Å². The third-order valence-corrected chi connectivity index (χ3v) is 4.57. The van der Waals surface area contributed by atoms with E-state index in [4.69, 9.17) is 9.47 Å². The molecule has 1 aliphatic heterocycles. The van der Waals surface area contributed by atoms with Gasteiger partial charge in [0.2, 0.25) is 0 Å². The Morgan fingerprint density at radius 1 is 1.19 bits per heavy atom. The van der Waals surface area contributed by atoms with Crippen LogP contribution in [0.5, 0.6) is 11.5 Å². The van der Waals surface area contributed by atoms with Crippen molar-refractivity contribution in [3.05, 3.63) is 48.3 Å². The molecule has 7 heteroatoms. The third-order valence-electron chi connectivity index (χ3n) is 4.57. The molecule has 0 aliphatic carbocycles. The van der Waals surface area contributed by atoms with Crippen molar-refractivity contribution in [3.8, 4) is 11.5 Å². The van der Waals surface area contributed by atoms with Crippen LogP contribution in [0.2, 0.25) is 0 Å². The molecule has 1 unspecified atom stereocenters. The number of aliphatic hydroxyl groups excluding tert-OH is 1. The van der Waals surface area contributed by atoms with Gasteiger partial charge in [-0.2, -0.15) is 0 Å². The highest BCUT2D eigenvalue weighted by atomic mass is 16.6. The Morgan fingerprint density at radius 3 is 2.85 bits per heavy atom. The average Bonchev–Trinajstić information content (AvgIpc) is 3.16. The van der Waals surface area contributed by atoms with E-state index in [2.05, 4.69) is 20.2 Å². The van der Waals surface area contributed by atoms with Crippen molar-refractivity contribution in [1.29, 1.82) is 0 Å². The van der Waals surface area contributed by atoms with Gasteiger partial charge in [-0.05, 0) is 24.3 Å². The van der Waals surface area contributed by atoms with E-state index in [0.717, 1.165) is 42.9 Å². The van der Waals surface area contributed by atoms with Crippen LogP contribution in [0.3, 0.4) is 0 Å². The van der Waals surface area contributed by atoms with E-state index in [9.17, 15) is 5.11 Å². The van der Waals surface area contributed by atoms with Crippen LogP contribution < -0.4 is 15.0 Å². The Bertz CT molecular complexity index is 889. The fourth-order valence-corrected chi connectivity index (χ4v) is 3.16. The van der Waals surface area contributed by atoms with E-state index in [1.165, 1.54) is 7.11 Å². The van der Waals surface area contributed by atoms with Crippen molar-refractivity contribution in [2.75, 3.05) is 38.2 Å². The van der Waals surface area contributed by atoms with E-state index < -0.39 is 6.29 Å². The fourth-order valence-electron chi connectivity index (χ4n) is 3.16. The lowest BCUT2D eigenvalue weighted by atomic mass is 10.1. The summed E-state index contributed by atoms with van der Waals surface area (Å²) < 4.78 is 11.2. The van der Waals surface area contributed by atoms with Crippen LogP contribution in [0.4, 0.5) is 5.69 Å². The standard InChI is InChI=1S/C19H22N4O3/c1-25-19(24)16-3-2-14(23-8-6-20-7-9-23)11-17(16)26-15-10-13-4-5-21-18(13)22-12-15/h2-5,10-12,19-20,24H,6-9H2,1H3,(H,21,22). The number of nitrogens with one attached hydrogen (secondary N) is 2. The lowest BCUT2D eigenvalue weighted by molar-refractivity contribution is -0.0778. The van der Waals surface area contributed by atoms with Crippen molar-refractivity contribution >= 4 is 16.7 Å². The zero-order valence-electron chi connectivity index (χ0n) is 14.6. The first kappa shape index (κ1) is 16.8. The Labute approximate surface area is 151 Å². The molecule has 1 fully saturated rings. The molecule has 0 saturated carbocycles. The van der Waals surface area contributed by atoms with Crippen molar-refractivity contribution in [2.24, 2.45) is 0 Å². The van der Waals surface area contributed by atoms with Crippen molar-refractivity contribution < 1.29 is 14.6 Å². The molecule has 3 aromatic rings. The van der Waals surface area contributed by atoms with Crippen LogP contribution in [0.15, 0.2) is 42.7 Å². The largest absolute Gasteiger partial charge is 0.455 e. The van der Waals surface area contributed by atoms with Gasteiger partial charge < -0.3 is 29.8 Å². The highest BCUT2D eigenvalue weighted by Crippen LogP contribution is 2.34. The van der Waals surface area contributed by atoms with Gasteiger partial charge in [-0.15, -0.1) is 0 Å². The molecule has 1 aliphatic rings. The summed E-state index contributed by atoms with van der Waals surface area (Å²) in [5.74, 6) is 1.17. The predicted molar refractivity (Wildman–Crippen MR) is 99.7 cm³/mol. The van der Waals surface area contributed by atoms with E-state index in [1.54, 1.807) is 6.20 Å². The number of methoxy groups -OCH3 is 1. The molecule has 2 aromatic heterocycles. The summed E-state index contributed by atoms with van der Waals surface area (Å²) in [5.41, 5.74) is 2.45. The minimum absolute atomic E-state index is 0.562. The molecular weight excluding hydrogens is 332 g/mol. The predicted octanol–water partition coefficient (Wildman–Crippen LogP) is 2.40. The van der Waals surface area contributed by atoms with Crippen LogP contribution in [-0.2, 0) is 4.74 Å². The second-order valence-corrected chi connectivity index (χ2v) is 6.24. The summed E-state index contributed by atoms with van der Waals surface area (Å²) in [4.78, 5) is 9.71. The second kappa shape index (κ2) is 7.33. The molecule has 4 rings (SSSR count). The van der Waals surface area contributed by atoms with Crippen molar-refractivity contribution in [1.82, 2.24) is 15.3 Å². The van der Waals surface area contributed by atoms with Gasteiger partial charge in [0.1, 0.15) is 17.1 Å². The topological polar surface area (TPSA) is 82.6 Å². The number of aliphatic hydroxyl groups is 1. The summed E-state index contributed by atoms with van der Waals surface area (Å²) in [6.45, 7) is 3.77. The van der Waals surface area contributed by atoms with Crippen molar-refractivity contribution in [3.63, 3.8) is 0 Å². The number of ether oxygens (including phenoxy) is 2. The maximum atomic E-state index is 10.2. The monoisotopic (exact) mass is 354 g/mol. The summed E-state index contributed by atoms with van der Waals surface area (Å²) in [6.07, 6.45) is 2.46. The molecule has 0 amide bonds. The number of aromatic nitrogens is 2. The number of pyridine rings is 1. The minimum atomic E-state index is -1.05.